The molecule has 0 radical (unpaired) electrons. The first-order chi connectivity index (χ1) is 9.53. The summed E-state index contributed by atoms with van der Waals surface area (Å²) in [5, 5.41) is 3.38. The number of rotatable bonds is 4. The van der Waals surface area contributed by atoms with Crippen LogP contribution in [0, 0.1) is 6.92 Å². The Morgan fingerprint density at radius 2 is 1.75 bits per heavy atom. The fraction of sp³-hybridized carbons (Fsp3) is 0.0714. The molecule has 6 heteroatoms. The fourth-order valence-electron chi connectivity index (χ4n) is 1.61. The van der Waals surface area contributed by atoms with Gasteiger partial charge in [0.05, 0.1) is 6.21 Å². The quantitative estimate of drug-likeness (QED) is 0.404. The van der Waals surface area contributed by atoms with Gasteiger partial charge in [0.15, 0.2) is 5.75 Å². The monoisotopic (exact) mass is 290 g/mol. The molecule has 20 heavy (non-hydrogen) atoms. The average molecular weight is 290 g/mol. The third-order valence-electron chi connectivity index (χ3n) is 2.64. The standard InChI is InChI=1S/C14H14N2O3S/c1-11-6-8-13(9-7-11)20(17,18)19-14-5-3-2-4-12(14)10-16-15/h2-10H,15H2,1H3. The Hall–Kier alpha value is -2.34. The molecule has 0 fully saturated rings. The molecule has 0 unspecified atom stereocenters. The first kappa shape index (κ1) is 14.1. The zero-order valence-electron chi connectivity index (χ0n) is 10.9. The van der Waals surface area contributed by atoms with Crippen molar-refractivity contribution in [3.63, 3.8) is 0 Å². The van der Waals surface area contributed by atoms with Crippen molar-refractivity contribution in [3.8, 4) is 5.75 Å². The van der Waals surface area contributed by atoms with Gasteiger partial charge < -0.3 is 10.0 Å². The number of hydrazone groups is 1. The summed E-state index contributed by atoms with van der Waals surface area (Å²) < 4.78 is 29.5. The van der Waals surface area contributed by atoms with E-state index in [-0.39, 0.29) is 10.6 Å². The molecule has 0 spiro atoms. The average Bonchev–Trinajstić information content (AvgIpc) is 2.41. The van der Waals surface area contributed by atoms with Gasteiger partial charge in [-0.3, -0.25) is 0 Å². The highest BCUT2D eigenvalue weighted by Crippen LogP contribution is 2.22. The van der Waals surface area contributed by atoms with Crippen LogP contribution < -0.4 is 10.0 Å². The molecule has 104 valence electrons. The Bertz CT molecular complexity index is 722. The summed E-state index contributed by atoms with van der Waals surface area (Å²) in [6.45, 7) is 1.88. The Morgan fingerprint density at radius 3 is 2.40 bits per heavy atom. The van der Waals surface area contributed by atoms with E-state index < -0.39 is 10.1 Å². The van der Waals surface area contributed by atoms with E-state index in [1.807, 2.05) is 6.92 Å². The van der Waals surface area contributed by atoms with Crippen LogP contribution in [0.5, 0.6) is 5.75 Å². The molecular formula is C14H14N2O3S. The molecule has 0 aromatic heterocycles. The number of aryl methyl sites for hydroxylation is 1. The molecule has 2 aromatic rings. The van der Waals surface area contributed by atoms with E-state index in [9.17, 15) is 8.42 Å². The van der Waals surface area contributed by atoms with Crippen LogP contribution in [-0.4, -0.2) is 14.6 Å². The summed E-state index contributed by atoms with van der Waals surface area (Å²) >= 11 is 0. The minimum atomic E-state index is -3.87. The van der Waals surface area contributed by atoms with E-state index in [1.165, 1.54) is 18.3 Å². The summed E-state index contributed by atoms with van der Waals surface area (Å²) in [4.78, 5) is 0.0996. The van der Waals surface area contributed by atoms with E-state index in [2.05, 4.69) is 5.10 Å². The van der Waals surface area contributed by atoms with Gasteiger partial charge in [-0.1, -0.05) is 29.8 Å². The van der Waals surface area contributed by atoms with Crippen LogP contribution >= 0.6 is 0 Å². The van der Waals surface area contributed by atoms with Gasteiger partial charge in [-0.25, -0.2) is 0 Å². The van der Waals surface area contributed by atoms with Crippen LogP contribution in [0.3, 0.4) is 0 Å². The number of para-hydroxylation sites is 1. The highest BCUT2D eigenvalue weighted by molar-refractivity contribution is 7.87. The first-order valence-electron chi connectivity index (χ1n) is 5.86. The maximum Gasteiger partial charge on any atom is 0.339 e. The molecule has 2 N–H and O–H groups in total. The minimum Gasteiger partial charge on any atom is -0.378 e. The van der Waals surface area contributed by atoms with Crippen LogP contribution in [0.4, 0.5) is 0 Å². The predicted molar refractivity (Wildman–Crippen MR) is 77.2 cm³/mol. The van der Waals surface area contributed by atoms with Crippen molar-refractivity contribution in [2.75, 3.05) is 0 Å². The van der Waals surface area contributed by atoms with Crippen molar-refractivity contribution in [1.29, 1.82) is 0 Å². The number of nitrogens with two attached hydrogens (primary N) is 1. The van der Waals surface area contributed by atoms with Crippen molar-refractivity contribution in [2.24, 2.45) is 10.9 Å². The molecule has 0 amide bonds. The summed E-state index contributed by atoms with van der Waals surface area (Å²) in [6.07, 6.45) is 1.33. The van der Waals surface area contributed by atoms with Gasteiger partial charge in [-0.2, -0.15) is 13.5 Å². The Morgan fingerprint density at radius 1 is 1.10 bits per heavy atom. The van der Waals surface area contributed by atoms with Crippen molar-refractivity contribution in [2.45, 2.75) is 11.8 Å². The second-order valence-electron chi connectivity index (χ2n) is 4.17. The summed E-state index contributed by atoms with van der Waals surface area (Å²) in [5.74, 6) is 5.27. The first-order valence-corrected chi connectivity index (χ1v) is 7.27. The molecule has 2 aromatic carbocycles. The lowest BCUT2D eigenvalue weighted by molar-refractivity contribution is 0.485. The topological polar surface area (TPSA) is 81.8 Å². The zero-order chi connectivity index (χ0) is 14.6. The lowest BCUT2D eigenvalue weighted by Crippen LogP contribution is -2.11. The minimum absolute atomic E-state index is 0.0996. The molecule has 0 aliphatic heterocycles. The third kappa shape index (κ3) is 3.16. The van der Waals surface area contributed by atoms with E-state index in [4.69, 9.17) is 10.0 Å². The maximum atomic E-state index is 12.2. The van der Waals surface area contributed by atoms with E-state index in [1.54, 1.807) is 36.4 Å². The van der Waals surface area contributed by atoms with Crippen LogP contribution in [0.2, 0.25) is 0 Å². The van der Waals surface area contributed by atoms with Crippen LogP contribution in [0.1, 0.15) is 11.1 Å². The molecule has 0 saturated carbocycles. The molecule has 5 nitrogen and oxygen atoms in total. The van der Waals surface area contributed by atoms with Gasteiger partial charge in [0.2, 0.25) is 0 Å². The van der Waals surface area contributed by atoms with Crippen LogP contribution in [0.25, 0.3) is 0 Å². The van der Waals surface area contributed by atoms with Gasteiger partial charge in [-0.15, -0.1) is 0 Å². The SMILES string of the molecule is Cc1ccc(S(=O)(=O)Oc2ccccc2C=NN)cc1. The van der Waals surface area contributed by atoms with E-state index in [0.29, 0.717) is 5.56 Å². The van der Waals surface area contributed by atoms with Gasteiger partial charge in [0, 0.05) is 5.56 Å². The second kappa shape index (κ2) is 5.75. The Labute approximate surface area is 117 Å². The van der Waals surface area contributed by atoms with Gasteiger partial charge in [-0.05, 0) is 31.2 Å². The lowest BCUT2D eigenvalue weighted by Gasteiger charge is -2.09. The molecule has 0 atom stereocenters. The van der Waals surface area contributed by atoms with Crippen molar-refractivity contribution in [1.82, 2.24) is 0 Å². The lowest BCUT2D eigenvalue weighted by atomic mass is 10.2. The molecule has 2 rings (SSSR count). The van der Waals surface area contributed by atoms with Gasteiger partial charge in [0.25, 0.3) is 0 Å². The number of benzene rings is 2. The largest absolute Gasteiger partial charge is 0.378 e. The molecule has 0 aliphatic carbocycles. The smallest absolute Gasteiger partial charge is 0.339 e. The maximum absolute atomic E-state index is 12.2. The predicted octanol–water partition coefficient (Wildman–Crippen LogP) is 2.06. The fourth-order valence-corrected chi connectivity index (χ4v) is 2.57. The van der Waals surface area contributed by atoms with Gasteiger partial charge in [0.1, 0.15) is 4.90 Å². The number of hydrogen-bond donors (Lipinski definition) is 1. The summed E-state index contributed by atoms with van der Waals surface area (Å²) in [5.41, 5.74) is 1.46. The highest BCUT2D eigenvalue weighted by Gasteiger charge is 2.17. The van der Waals surface area contributed by atoms with Crippen molar-refractivity contribution in [3.05, 3.63) is 59.7 Å². The summed E-state index contributed by atoms with van der Waals surface area (Å²) in [6, 6.07) is 13.1. The number of nitrogens with zero attached hydrogens (tertiary/aromatic N) is 1. The van der Waals surface area contributed by atoms with Crippen LogP contribution in [-0.2, 0) is 10.1 Å². The molecule has 0 heterocycles. The highest BCUT2D eigenvalue weighted by atomic mass is 32.2. The van der Waals surface area contributed by atoms with Gasteiger partial charge >= 0.3 is 10.1 Å². The molecule has 0 bridgehead atoms. The molecular weight excluding hydrogens is 276 g/mol. The van der Waals surface area contributed by atoms with E-state index in [0.717, 1.165) is 5.56 Å². The normalized spacial score (nSPS) is 11.7. The van der Waals surface area contributed by atoms with E-state index >= 15 is 0 Å². The third-order valence-corrected chi connectivity index (χ3v) is 3.89. The Kier molecular flexibility index (Phi) is 4.05. The molecule has 0 saturated heterocycles. The number of hydrogen-bond acceptors (Lipinski definition) is 5. The molecule has 0 aliphatic rings. The Balaban J connectivity index is 2.36. The van der Waals surface area contributed by atoms with Crippen molar-refractivity contribution >= 4 is 16.3 Å². The second-order valence-corrected chi connectivity index (χ2v) is 5.71. The summed E-state index contributed by atoms with van der Waals surface area (Å²) in [7, 11) is -3.87. The van der Waals surface area contributed by atoms with Crippen molar-refractivity contribution < 1.29 is 12.6 Å². The van der Waals surface area contributed by atoms with Crippen LogP contribution in [0.15, 0.2) is 58.5 Å². The zero-order valence-corrected chi connectivity index (χ0v) is 11.7.